The predicted molar refractivity (Wildman–Crippen MR) is 178 cm³/mol. The zero-order valence-electron chi connectivity index (χ0n) is 26.3. The van der Waals surface area contributed by atoms with E-state index in [1.165, 1.54) is 38.5 Å². The molecule has 45 heavy (non-hydrogen) atoms. The Bertz CT molecular complexity index is 1570. The third-order valence-electron chi connectivity index (χ3n) is 10.5. The quantitative estimate of drug-likeness (QED) is 0.319. The van der Waals surface area contributed by atoms with Crippen molar-refractivity contribution in [3.05, 3.63) is 95.1 Å². The van der Waals surface area contributed by atoms with Gasteiger partial charge in [0.1, 0.15) is 5.75 Å². The zero-order valence-corrected chi connectivity index (χ0v) is 26.3. The van der Waals surface area contributed by atoms with Crippen molar-refractivity contribution in [3.8, 4) is 17.6 Å². The number of nitrogens with one attached hydrogen (secondary N) is 1. The Balaban J connectivity index is 0.936. The highest BCUT2D eigenvalue weighted by molar-refractivity contribution is 5.97. The van der Waals surface area contributed by atoms with Gasteiger partial charge in [-0.25, -0.2) is 0 Å². The minimum absolute atomic E-state index is 0.00802. The molecule has 4 aliphatic carbocycles. The highest BCUT2D eigenvalue weighted by atomic mass is 16.5. The van der Waals surface area contributed by atoms with Crippen molar-refractivity contribution < 1.29 is 14.3 Å². The minimum atomic E-state index is 0.00802. The first-order valence-corrected chi connectivity index (χ1v) is 16.7. The lowest BCUT2D eigenvalue weighted by atomic mass is 9.49. The van der Waals surface area contributed by atoms with Crippen LogP contribution >= 0.6 is 0 Å². The fraction of sp³-hybridized carbons (Fsp3) is 0.436. The van der Waals surface area contributed by atoms with Crippen LogP contribution in [0.4, 0.5) is 5.69 Å². The smallest absolute Gasteiger partial charge is 0.255 e. The highest BCUT2D eigenvalue weighted by Crippen LogP contribution is 2.59. The van der Waals surface area contributed by atoms with E-state index in [0.29, 0.717) is 30.7 Å². The molecular weight excluding hydrogens is 558 g/mol. The normalized spacial score (nSPS) is 25.0. The lowest BCUT2D eigenvalue weighted by molar-refractivity contribution is -0.0503. The van der Waals surface area contributed by atoms with Gasteiger partial charge in [0.25, 0.3) is 11.8 Å². The summed E-state index contributed by atoms with van der Waals surface area (Å²) in [7, 11) is 0. The molecule has 232 valence electrons. The van der Waals surface area contributed by atoms with Crippen LogP contribution in [0, 0.1) is 35.0 Å². The fourth-order valence-electron chi connectivity index (χ4n) is 8.79. The second-order valence-electron chi connectivity index (χ2n) is 13.7. The molecule has 6 nitrogen and oxygen atoms in total. The van der Waals surface area contributed by atoms with E-state index < -0.39 is 0 Å². The molecule has 0 aromatic heterocycles. The van der Waals surface area contributed by atoms with Crippen LogP contribution in [0.2, 0.25) is 0 Å². The fourth-order valence-corrected chi connectivity index (χ4v) is 8.79. The first-order chi connectivity index (χ1) is 22.0. The first-order valence-electron chi connectivity index (χ1n) is 16.7. The standard InChI is InChI=1S/C39H43N3O3/c1-2-45-35-8-5-6-28(23-35)10-11-32-7-3-4-9-36(32)38(44)42-18-16-41(17-19-42)34-14-12-33(13-15-34)37(43)40-27-39-24-29-20-30(25-39)22-31(21-29)26-39/h3-9,12-15,23,29-31H,2,16-22,24-27H2,1H3,(H,40,43). The zero-order chi connectivity index (χ0) is 30.8. The third kappa shape index (κ3) is 6.45. The van der Waals surface area contributed by atoms with Gasteiger partial charge in [0.15, 0.2) is 0 Å². The molecule has 3 aromatic carbocycles. The number of ether oxygens (including phenoxy) is 1. The Kier molecular flexibility index (Phi) is 8.27. The van der Waals surface area contributed by atoms with Crippen LogP contribution in [0.15, 0.2) is 72.8 Å². The second kappa shape index (κ2) is 12.6. The second-order valence-corrected chi connectivity index (χ2v) is 13.7. The maximum Gasteiger partial charge on any atom is 0.255 e. The maximum absolute atomic E-state index is 13.6. The van der Waals surface area contributed by atoms with Crippen molar-refractivity contribution in [2.45, 2.75) is 45.4 Å². The predicted octanol–water partition coefficient (Wildman–Crippen LogP) is 6.39. The van der Waals surface area contributed by atoms with E-state index in [9.17, 15) is 9.59 Å². The number of benzene rings is 3. The number of hydrogen-bond acceptors (Lipinski definition) is 4. The highest BCUT2D eigenvalue weighted by Gasteiger charge is 2.50. The molecule has 8 rings (SSSR count). The monoisotopic (exact) mass is 601 g/mol. The summed E-state index contributed by atoms with van der Waals surface area (Å²) in [6.07, 6.45) is 8.16. The minimum Gasteiger partial charge on any atom is -0.494 e. The summed E-state index contributed by atoms with van der Waals surface area (Å²) in [5, 5.41) is 3.31. The van der Waals surface area contributed by atoms with Gasteiger partial charge in [0.2, 0.25) is 0 Å². The molecule has 0 radical (unpaired) electrons. The molecule has 4 saturated carbocycles. The van der Waals surface area contributed by atoms with Gasteiger partial charge in [-0.2, -0.15) is 0 Å². The van der Waals surface area contributed by atoms with Gasteiger partial charge < -0.3 is 19.9 Å². The van der Waals surface area contributed by atoms with E-state index in [-0.39, 0.29) is 11.8 Å². The van der Waals surface area contributed by atoms with Crippen molar-refractivity contribution in [1.82, 2.24) is 10.2 Å². The van der Waals surface area contributed by atoms with Crippen molar-refractivity contribution >= 4 is 17.5 Å². The van der Waals surface area contributed by atoms with E-state index in [0.717, 1.165) is 65.5 Å². The summed E-state index contributed by atoms with van der Waals surface area (Å²) in [5.41, 5.74) is 4.35. The summed E-state index contributed by atoms with van der Waals surface area (Å²) in [6.45, 7) is 6.12. The molecule has 2 amide bonds. The van der Waals surface area contributed by atoms with Crippen LogP contribution < -0.4 is 15.0 Å². The van der Waals surface area contributed by atoms with Crippen LogP contribution in [-0.4, -0.2) is 56.0 Å². The largest absolute Gasteiger partial charge is 0.494 e. The SMILES string of the molecule is CCOc1cccc(C#Cc2ccccc2C(=O)N2CCN(c3ccc(C(=O)NCC45CC6CC(CC(C6)C4)C5)cc3)CC2)c1. The van der Waals surface area contributed by atoms with E-state index in [1.54, 1.807) is 0 Å². The lowest BCUT2D eigenvalue weighted by Crippen LogP contribution is -2.51. The Morgan fingerprint density at radius 2 is 1.53 bits per heavy atom. The van der Waals surface area contributed by atoms with Gasteiger partial charge >= 0.3 is 0 Å². The van der Waals surface area contributed by atoms with Crippen molar-refractivity contribution in [2.24, 2.45) is 23.2 Å². The average molecular weight is 602 g/mol. The van der Waals surface area contributed by atoms with Gasteiger partial charge in [0, 0.05) is 55.1 Å². The Hall–Kier alpha value is -4.24. The molecule has 1 heterocycles. The summed E-state index contributed by atoms with van der Waals surface area (Å²) in [4.78, 5) is 30.9. The number of amides is 2. The molecule has 1 aliphatic heterocycles. The first kappa shape index (κ1) is 29.5. The van der Waals surface area contributed by atoms with Gasteiger partial charge in [0.05, 0.1) is 12.2 Å². The van der Waals surface area contributed by atoms with Crippen molar-refractivity contribution in [2.75, 3.05) is 44.2 Å². The van der Waals surface area contributed by atoms with E-state index >= 15 is 0 Å². The topological polar surface area (TPSA) is 61.9 Å². The van der Waals surface area contributed by atoms with Crippen LogP contribution in [0.1, 0.15) is 77.3 Å². The van der Waals surface area contributed by atoms with Crippen LogP contribution in [-0.2, 0) is 0 Å². The molecule has 0 spiro atoms. The van der Waals surface area contributed by atoms with E-state index in [1.807, 2.05) is 84.6 Å². The van der Waals surface area contributed by atoms with Gasteiger partial charge in [-0.3, -0.25) is 9.59 Å². The van der Waals surface area contributed by atoms with Crippen LogP contribution in [0.25, 0.3) is 0 Å². The number of anilines is 1. The number of carbonyl (C=O) groups is 2. The molecule has 3 aromatic rings. The number of rotatable bonds is 7. The number of hydrogen-bond donors (Lipinski definition) is 1. The average Bonchev–Trinajstić information content (AvgIpc) is 3.06. The van der Waals surface area contributed by atoms with Gasteiger partial charge in [-0.05, 0) is 123 Å². The summed E-state index contributed by atoms with van der Waals surface area (Å²) in [6, 6.07) is 23.3. The maximum atomic E-state index is 13.6. The third-order valence-corrected chi connectivity index (χ3v) is 10.5. The molecule has 5 fully saturated rings. The molecule has 4 bridgehead atoms. The van der Waals surface area contributed by atoms with Crippen molar-refractivity contribution in [3.63, 3.8) is 0 Å². The van der Waals surface area contributed by atoms with E-state index in [2.05, 4.69) is 22.1 Å². The van der Waals surface area contributed by atoms with Crippen LogP contribution in [0.5, 0.6) is 5.75 Å². The Morgan fingerprint density at radius 3 is 2.22 bits per heavy atom. The molecule has 0 unspecified atom stereocenters. The summed E-state index contributed by atoms with van der Waals surface area (Å²) < 4.78 is 5.59. The number of nitrogens with zero attached hydrogens (tertiary/aromatic N) is 2. The van der Waals surface area contributed by atoms with Gasteiger partial charge in [-0.1, -0.05) is 30.0 Å². The van der Waals surface area contributed by atoms with Crippen LogP contribution in [0.3, 0.4) is 0 Å². The molecule has 6 heteroatoms. The molecule has 1 N–H and O–H groups in total. The number of carbonyl (C=O) groups excluding carboxylic acids is 2. The molecule has 0 atom stereocenters. The van der Waals surface area contributed by atoms with Crippen molar-refractivity contribution in [1.29, 1.82) is 0 Å². The Morgan fingerprint density at radius 1 is 0.844 bits per heavy atom. The lowest BCUT2D eigenvalue weighted by Gasteiger charge is -2.56. The molecular formula is C39H43N3O3. The molecule has 1 saturated heterocycles. The summed E-state index contributed by atoms with van der Waals surface area (Å²) >= 11 is 0. The number of piperazine rings is 1. The molecule has 5 aliphatic rings. The summed E-state index contributed by atoms with van der Waals surface area (Å²) in [5.74, 6) is 9.92. The van der Waals surface area contributed by atoms with E-state index in [4.69, 9.17) is 4.74 Å². The van der Waals surface area contributed by atoms with Gasteiger partial charge in [-0.15, -0.1) is 0 Å². The Labute approximate surface area is 267 Å².